The molecule has 1 aliphatic rings. The quantitative estimate of drug-likeness (QED) is 0.896. The molecule has 1 aromatic carbocycles. The van der Waals surface area contributed by atoms with Gasteiger partial charge in [-0.05, 0) is 12.1 Å². The first-order valence-electron chi connectivity index (χ1n) is 5.46. The maximum Gasteiger partial charge on any atom is 0.573 e. The van der Waals surface area contributed by atoms with Crippen molar-refractivity contribution in [2.24, 2.45) is 0 Å². The van der Waals surface area contributed by atoms with E-state index in [1.807, 2.05) is 0 Å². The minimum Gasteiger partial charge on any atom is -0.406 e. The fourth-order valence-corrected chi connectivity index (χ4v) is 2.49. The minimum absolute atomic E-state index is 0.265. The van der Waals surface area contributed by atoms with Gasteiger partial charge in [-0.1, -0.05) is 6.07 Å². The van der Waals surface area contributed by atoms with Crippen LogP contribution in [0.25, 0.3) is 0 Å². The van der Waals surface area contributed by atoms with Crippen LogP contribution in [0, 0.1) is 0 Å². The molecule has 1 saturated heterocycles. The van der Waals surface area contributed by atoms with Crippen molar-refractivity contribution in [3.8, 4) is 5.75 Å². The molecule has 19 heavy (non-hydrogen) atoms. The van der Waals surface area contributed by atoms with Crippen LogP contribution in [-0.4, -0.2) is 29.9 Å². The molecule has 1 heterocycles. The zero-order chi connectivity index (χ0) is 13.9. The molecule has 0 bridgehead atoms. The van der Waals surface area contributed by atoms with Crippen LogP contribution in [0.1, 0.15) is 0 Å². The highest BCUT2D eigenvalue weighted by Gasteiger charge is 2.31. The Labute approximate surface area is 111 Å². The van der Waals surface area contributed by atoms with Gasteiger partial charge >= 0.3 is 6.36 Å². The van der Waals surface area contributed by atoms with E-state index in [9.17, 15) is 18.0 Å². The zero-order valence-corrected chi connectivity index (χ0v) is 10.5. The molecule has 0 spiro atoms. The summed E-state index contributed by atoms with van der Waals surface area (Å²) in [5.74, 6) is 0.180. The number of carbonyl (C=O) groups is 1. The van der Waals surface area contributed by atoms with Crippen molar-refractivity contribution in [3.05, 3.63) is 24.3 Å². The van der Waals surface area contributed by atoms with Crippen LogP contribution in [0.3, 0.4) is 0 Å². The summed E-state index contributed by atoms with van der Waals surface area (Å²) in [5.41, 5.74) is 0.265. The second-order valence-corrected chi connectivity index (χ2v) is 4.98. The van der Waals surface area contributed by atoms with Crippen molar-refractivity contribution in [1.29, 1.82) is 0 Å². The molecule has 104 valence electrons. The lowest BCUT2D eigenvalue weighted by molar-refractivity contribution is -0.274. The molecule has 0 saturated carbocycles. The number of hydrogen-bond acceptors (Lipinski definition) is 4. The van der Waals surface area contributed by atoms with E-state index in [2.05, 4.69) is 15.4 Å². The summed E-state index contributed by atoms with van der Waals surface area (Å²) >= 11 is 1.45. The van der Waals surface area contributed by atoms with Gasteiger partial charge in [-0.3, -0.25) is 10.1 Å². The van der Waals surface area contributed by atoms with E-state index in [-0.39, 0.29) is 22.7 Å². The number of carbonyl (C=O) groups excluding carboxylic acids is 1. The first-order valence-corrected chi connectivity index (χ1v) is 6.50. The first kappa shape index (κ1) is 14.0. The Morgan fingerprint density at radius 1 is 1.47 bits per heavy atom. The molecule has 1 atom stereocenters. The van der Waals surface area contributed by atoms with Crippen molar-refractivity contribution in [3.63, 3.8) is 0 Å². The number of nitrogens with one attached hydrogen (secondary N) is 2. The van der Waals surface area contributed by atoms with Gasteiger partial charge in [0.25, 0.3) is 5.91 Å². The SMILES string of the molecule is O=C(Nc1cccc(OC(F)(F)F)c1)[C@H]1NCCS1. The number of anilines is 1. The smallest absolute Gasteiger partial charge is 0.406 e. The Morgan fingerprint density at radius 2 is 2.26 bits per heavy atom. The summed E-state index contributed by atoms with van der Waals surface area (Å²) in [6, 6.07) is 5.18. The van der Waals surface area contributed by atoms with Crippen LogP contribution in [0.15, 0.2) is 24.3 Å². The Balaban J connectivity index is 2.00. The minimum atomic E-state index is -4.74. The lowest BCUT2D eigenvalue weighted by Crippen LogP contribution is -2.33. The Hall–Kier alpha value is -1.41. The van der Waals surface area contributed by atoms with Crippen molar-refractivity contribution in [2.75, 3.05) is 17.6 Å². The molecular formula is C11H11F3N2O2S. The monoisotopic (exact) mass is 292 g/mol. The van der Waals surface area contributed by atoms with Crippen LogP contribution in [-0.2, 0) is 4.79 Å². The standard InChI is InChI=1S/C11H11F3N2O2S/c12-11(13,14)18-8-3-1-2-7(6-8)16-9(17)10-15-4-5-19-10/h1-3,6,10,15H,4-5H2,(H,16,17)/t10-/m0/s1. The van der Waals surface area contributed by atoms with Gasteiger partial charge < -0.3 is 10.1 Å². The van der Waals surface area contributed by atoms with Crippen LogP contribution in [0.4, 0.5) is 18.9 Å². The summed E-state index contributed by atoms with van der Waals surface area (Å²) in [5, 5.41) is 5.14. The highest BCUT2D eigenvalue weighted by atomic mass is 32.2. The Kier molecular flexibility index (Phi) is 4.20. The number of benzene rings is 1. The number of alkyl halides is 3. The van der Waals surface area contributed by atoms with Gasteiger partial charge in [0.2, 0.25) is 0 Å². The molecule has 2 N–H and O–H groups in total. The molecule has 4 nitrogen and oxygen atoms in total. The normalized spacial score (nSPS) is 19.2. The van der Waals surface area contributed by atoms with E-state index in [0.29, 0.717) is 0 Å². The molecule has 1 aliphatic heterocycles. The molecule has 0 unspecified atom stereocenters. The lowest BCUT2D eigenvalue weighted by atomic mass is 10.3. The molecule has 0 radical (unpaired) electrons. The van der Waals surface area contributed by atoms with Gasteiger partial charge in [0.1, 0.15) is 11.1 Å². The summed E-state index contributed by atoms with van der Waals surface area (Å²) in [7, 11) is 0. The average Bonchev–Trinajstić information content (AvgIpc) is 2.80. The average molecular weight is 292 g/mol. The van der Waals surface area contributed by atoms with Crippen molar-refractivity contribution in [1.82, 2.24) is 5.32 Å². The maximum absolute atomic E-state index is 12.1. The van der Waals surface area contributed by atoms with E-state index < -0.39 is 6.36 Å². The van der Waals surface area contributed by atoms with Gasteiger partial charge in [0, 0.05) is 24.1 Å². The second-order valence-electron chi connectivity index (χ2n) is 3.77. The van der Waals surface area contributed by atoms with Gasteiger partial charge in [0.15, 0.2) is 0 Å². The molecular weight excluding hydrogens is 281 g/mol. The largest absolute Gasteiger partial charge is 0.573 e. The van der Waals surface area contributed by atoms with Crippen molar-refractivity contribution in [2.45, 2.75) is 11.7 Å². The van der Waals surface area contributed by atoms with Crippen molar-refractivity contribution >= 4 is 23.4 Å². The van der Waals surface area contributed by atoms with E-state index in [1.165, 1.54) is 30.0 Å². The van der Waals surface area contributed by atoms with E-state index in [0.717, 1.165) is 18.4 Å². The molecule has 0 aromatic heterocycles. The van der Waals surface area contributed by atoms with Crippen molar-refractivity contribution < 1.29 is 22.7 Å². The van der Waals surface area contributed by atoms with Gasteiger partial charge in [-0.25, -0.2) is 0 Å². The van der Waals surface area contributed by atoms with E-state index >= 15 is 0 Å². The molecule has 1 amide bonds. The van der Waals surface area contributed by atoms with Gasteiger partial charge in [0.05, 0.1) is 0 Å². The fourth-order valence-electron chi connectivity index (χ4n) is 1.57. The zero-order valence-electron chi connectivity index (χ0n) is 9.66. The third kappa shape index (κ3) is 4.32. The summed E-state index contributed by atoms with van der Waals surface area (Å²) in [6.45, 7) is 0.736. The number of halogens is 3. The van der Waals surface area contributed by atoms with E-state index in [1.54, 1.807) is 0 Å². The fraction of sp³-hybridized carbons (Fsp3) is 0.364. The van der Waals surface area contributed by atoms with Crippen LogP contribution < -0.4 is 15.4 Å². The van der Waals surface area contributed by atoms with Crippen LogP contribution in [0.5, 0.6) is 5.75 Å². The third-order valence-electron chi connectivity index (χ3n) is 2.29. The molecule has 8 heteroatoms. The third-order valence-corrected chi connectivity index (χ3v) is 3.44. The van der Waals surface area contributed by atoms with Crippen LogP contribution in [0.2, 0.25) is 0 Å². The molecule has 1 aromatic rings. The van der Waals surface area contributed by atoms with Gasteiger partial charge in [-0.15, -0.1) is 24.9 Å². The predicted octanol–water partition coefficient (Wildman–Crippen LogP) is 2.19. The second kappa shape index (κ2) is 5.70. The summed E-state index contributed by atoms with van der Waals surface area (Å²) in [6.07, 6.45) is -4.74. The van der Waals surface area contributed by atoms with Crippen LogP contribution >= 0.6 is 11.8 Å². The number of ether oxygens (including phenoxy) is 1. The first-order chi connectivity index (χ1) is 8.94. The molecule has 1 fully saturated rings. The number of rotatable bonds is 3. The molecule has 0 aliphatic carbocycles. The molecule has 2 rings (SSSR count). The van der Waals surface area contributed by atoms with E-state index in [4.69, 9.17) is 0 Å². The number of thioether (sulfide) groups is 1. The maximum atomic E-state index is 12.1. The Morgan fingerprint density at radius 3 is 2.89 bits per heavy atom. The number of amides is 1. The predicted molar refractivity (Wildman–Crippen MR) is 66.0 cm³/mol. The van der Waals surface area contributed by atoms with Gasteiger partial charge in [-0.2, -0.15) is 0 Å². The highest BCUT2D eigenvalue weighted by molar-refractivity contribution is 8.00. The highest BCUT2D eigenvalue weighted by Crippen LogP contribution is 2.25. The Bertz CT molecular complexity index is 461. The summed E-state index contributed by atoms with van der Waals surface area (Å²) in [4.78, 5) is 11.8. The topological polar surface area (TPSA) is 50.4 Å². The summed E-state index contributed by atoms with van der Waals surface area (Å²) < 4.78 is 40.0. The number of hydrogen-bond donors (Lipinski definition) is 2. The lowest BCUT2D eigenvalue weighted by Gasteiger charge is -2.12.